The van der Waals surface area contributed by atoms with Crippen molar-refractivity contribution < 1.29 is 21.8 Å². The zero-order valence-electron chi connectivity index (χ0n) is 10.2. The molecular weight excluding hydrogens is 333 g/mol. The Morgan fingerprint density at radius 1 is 1.06 bits per heavy atom. The van der Waals surface area contributed by atoms with Crippen molar-refractivity contribution in [3.63, 3.8) is 0 Å². The second kappa shape index (κ2) is 12.7. The standard InChI is InChI=1S/C9H11NOSe.C5H5.Fe/c1-11-7-6-10-9(12)8-4-2-3-5-8;1-2-4-5-3-1;/h2-5H,6-7H2,1H3;1-5H;/q;;+2. The van der Waals surface area contributed by atoms with Gasteiger partial charge in [-0.2, -0.15) is 0 Å². The van der Waals surface area contributed by atoms with Gasteiger partial charge in [-0.15, -0.1) is 0 Å². The number of aliphatic imine (C=N–C) groups is 1. The van der Waals surface area contributed by atoms with E-state index in [1.54, 1.807) is 7.11 Å². The van der Waals surface area contributed by atoms with Crippen molar-refractivity contribution in [1.82, 2.24) is 0 Å². The van der Waals surface area contributed by atoms with Gasteiger partial charge in [0.15, 0.2) is 0 Å². The van der Waals surface area contributed by atoms with Crippen molar-refractivity contribution in [1.29, 1.82) is 0 Å². The fourth-order valence-corrected chi connectivity index (χ4v) is 1.64. The van der Waals surface area contributed by atoms with Crippen molar-refractivity contribution in [3.05, 3.63) is 63.7 Å². The summed E-state index contributed by atoms with van der Waals surface area (Å²) in [6.45, 7) is 1.38. The summed E-state index contributed by atoms with van der Waals surface area (Å²) in [4.78, 5) is 4.29. The molecule has 0 spiro atoms. The molecule has 2 aliphatic carbocycles. The largest absolute Gasteiger partial charge is 2.00 e. The summed E-state index contributed by atoms with van der Waals surface area (Å²) in [7, 11) is 1.68. The minimum atomic E-state index is 0. The number of rotatable bonds is 4. The van der Waals surface area contributed by atoms with E-state index in [2.05, 4.69) is 21.0 Å². The van der Waals surface area contributed by atoms with Gasteiger partial charge in [-0.05, 0) is 32.1 Å². The van der Waals surface area contributed by atoms with Gasteiger partial charge in [-0.1, -0.05) is 0 Å². The number of nitrogens with zero attached hydrogens (tertiary/aromatic N) is 1. The van der Waals surface area contributed by atoms with E-state index in [4.69, 9.17) is 4.74 Å². The van der Waals surface area contributed by atoms with Gasteiger partial charge in [0.2, 0.25) is 0 Å². The van der Waals surface area contributed by atoms with Crippen LogP contribution in [0.4, 0.5) is 0 Å². The molecule has 18 heavy (non-hydrogen) atoms. The van der Waals surface area contributed by atoms with E-state index in [1.165, 1.54) is 0 Å². The number of methoxy groups -OCH3 is 1. The topological polar surface area (TPSA) is 21.6 Å². The predicted molar refractivity (Wildman–Crippen MR) is 71.9 cm³/mol. The Bertz CT molecular complexity index is 206. The molecule has 2 rings (SSSR count). The zero-order valence-corrected chi connectivity index (χ0v) is 13.0. The summed E-state index contributed by atoms with van der Waals surface area (Å²) in [5, 5.41) is 0. The molecule has 2 aliphatic rings. The maximum atomic E-state index is 4.89. The molecule has 0 aromatic rings. The van der Waals surface area contributed by atoms with E-state index >= 15 is 0 Å². The van der Waals surface area contributed by atoms with Crippen LogP contribution in [-0.2, 0) is 21.8 Å². The average Bonchev–Trinajstić information content (AvgIpc) is 3.05. The third-order valence-electron chi connectivity index (χ3n) is 2.02. The molecule has 0 aromatic heterocycles. The predicted octanol–water partition coefficient (Wildman–Crippen LogP) is 1.62. The molecule has 95 valence electrons. The van der Waals surface area contributed by atoms with Gasteiger partial charge in [0.05, 0.1) is 0 Å². The first kappa shape index (κ1) is 18.7. The molecule has 0 bridgehead atoms. The maximum absolute atomic E-state index is 4.89. The second-order valence-corrected chi connectivity index (χ2v) is 4.13. The minimum Gasteiger partial charge on any atom is -0.0312 e. The van der Waals surface area contributed by atoms with Gasteiger partial charge in [-0.3, -0.25) is 0 Å². The Hall–Kier alpha value is 0.669. The molecule has 0 aromatic carbocycles. The minimum absolute atomic E-state index is 0. The van der Waals surface area contributed by atoms with Crippen molar-refractivity contribution >= 4 is 20.6 Å². The van der Waals surface area contributed by atoms with Crippen LogP contribution in [0.1, 0.15) is 0 Å². The number of ether oxygens (including phenoxy) is 1. The summed E-state index contributed by atoms with van der Waals surface area (Å²) in [5.74, 6) is 1.14. The van der Waals surface area contributed by atoms with Crippen LogP contribution in [0.15, 0.2) is 4.99 Å². The molecule has 0 N–H and O–H groups in total. The normalized spacial score (nSPS) is 20.2. The average molecular weight is 349 g/mol. The SMILES string of the molecule is COCCN=C([Se])[C]1[CH][CH][CH][CH]1.[CH]1[CH][CH][CH][CH]1.[Fe+2]. The first-order chi connectivity index (χ1) is 8.34. The number of hydrogen-bond donors (Lipinski definition) is 0. The van der Waals surface area contributed by atoms with Crippen LogP contribution in [-0.4, -0.2) is 40.9 Å². The Kier molecular flexibility index (Phi) is 13.2. The third-order valence-corrected chi connectivity index (χ3v) is 2.78. The van der Waals surface area contributed by atoms with E-state index < -0.39 is 0 Å². The van der Waals surface area contributed by atoms with E-state index in [9.17, 15) is 0 Å². The summed E-state index contributed by atoms with van der Waals surface area (Å²) in [5.41, 5.74) is 0. The summed E-state index contributed by atoms with van der Waals surface area (Å²) >= 11 is 2.93. The monoisotopic (exact) mass is 350 g/mol. The van der Waals surface area contributed by atoms with Crippen LogP contribution in [0.25, 0.3) is 0 Å². The summed E-state index contributed by atoms with van der Waals surface area (Å²) < 4.78 is 5.84. The van der Waals surface area contributed by atoms with Crippen molar-refractivity contribution in [3.8, 4) is 0 Å². The van der Waals surface area contributed by atoms with Crippen molar-refractivity contribution in [2.75, 3.05) is 20.3 Å². The zero-order chi connectivity index (χ0) is 12.3. The van der Waals surface area contributed by atoms with Crippen LogP contribution >= 0.6 is 0 Å². The van der Waals surface area contributed by atoms with Crippen LogP contribution in [0.5, 0.6) is 0 Å². The molecule has 2 nitrogen and oxygen atoms in total. The van der Waals surface area contributed by atoms with Gasteiger partial charge in [-0.25, -0.2) is 0 Å². The summed E-state index contributed by atoms with van der Waals surface area (Å²) in [6, 6.07) is 0. The summed E-state index contributed by atoms with van der Waals surface area (Å²) in [6.07, 6.45) is 18.1. The van der Waals surface area contributed by atoms with Crippen molar-refractivity contribution in [2.45, 2.75) is 0 Å². The molecule has 2 fully saturated rings. The molecule has 11 radical (unpaired) electrons. The molecule has 2 saturated carbocycles. The third kappa shape index (κ3) is 8.72. The van der Waals surface area contributed by atoms with Gasteiger partial charge in [0, 0.05) is 0 Å². The molecule has 0 amide bonds. The van der Waals surface area contributed by atoms with Crippen LogP contribution in [0.3, 0.4) is 0 Å². The van der Waals surface area contributed by atoms with Gasteiger partial charge in [0.1, 0.15) is 0 Å². The van der Waals surface area contributed by atoms with Gasteiger partial charge < -0.3 is 0 Å². The fraction of sp³-hybridized carbons (Fsp3) is 0.214. The second-order valence-electron chi connectivity index (χ2n) is 3.32. The quantitative estimate of drug-likeness (QED) is 0.430. The van der Waals surface area contributed by atoms with Gasteiger partial charge in [0.25, 0.3) is 0 Å². The number of hydrogen-bond acceptors (Lipinski definition) is 2. The Morgan fingerprint density at radius 3 is 2.00 bits per heavy atom. The van der Waals surface area contributed by atoms with Crippen LogP contribution < -0.4 is 0 Å². The van der Waals surface area contributed by atoms with E-state index in [1.807, 2.05) is 57.8 Å². The Balaban J connectivity index is 0.000000405. The molecule has 0 saturated heterocycles. The Labute approximate surface area is 131 Å². The molecule has 0 aliphatic heterocycles. The fourth-order valence-electron chi connectivity index (χ4n) is 1.17. The molecular formula is C14H16FeNOSe+2. The first-order valence-electron chi connectivity index (χ1n) is 5.43. The smallest absolute Gasteiger partial charge is 0.0312 e. The van der Waals surface area contributed by atoms with E-state index in [-0.39, 0.29) is 17.1 Å². The molecule has 4 heteroatoms. The van der Waals surface area contributed by atoms with Crippen LogP contribution in [0, 0.1) is 63.7 Å². The van der Waals surface area contributed by atoms with Crippen LogP contribution in [0.2, 0.25) is 0 Å². The molecule has 0 heterocycles. The first-order valence-corrected chi connectivity index (χ1v) is 6.29. The van der Waals surface area contributed by atoms with E-state index in [0.717, 1.165) is 10.5 Å². The van der Waals surface area contributed by atoms with E-state index in [0.29, 0.717) is 13.2 Å². The maximum Gasteiger partial charge on any atom is 2.00 e. The van der Waals surface area contributed by atoms with Crippen molar-refractivity contribution in [2.24, 2.45) is 4.99 Å². The van der Waals surface area contributed by atoms with Gasteiger partial charge >= 0.3 is 99.3 Å². The Morgan fingerprint density at radius 2 is 1.56 bits per heavy atom. The molecule has 0 atom stereocenters. The molecule has 0 unspecified atom stereocenters.